The monoisotopic (exact) mass is 278 g/mol. The molecular formula is C18H34N2. The van der Waals surface area contributed by atoms with Crippen LogP contribution < -0.4 is 5.32 Å². The minimum atomic E-state index is 0.747. The van der Waals surface area contributed by atoms with Crippen LogP contribution in [0.4, 0.5) is 0 Å². The van der Waals surface area contributed by atoms with Crippen LogP contribution in [0.15, 0.2) is 0 Å². The quantitative estimate of drug-likeness (QED) is 0.844. The Hall–Kier alpha value is -0.0800. The molecule has 2 nitrogen and oxygen atoms in total. The summed E-state index contributed by atoms with van der Waals surface area (Å²) in [5.74, 6) is 1.96. The van der Waals surface area contributed by atoms with E-state index in [0.29, 0.717) is 0 Å². The standard InChI is InChI=1S/C18H34N2/c1-15-12-19-18(17-10-6-3-7-11-17)14-20(15)13-16-8-4-2-5-9-16/h15-19H,2-14H2,1H3. The molecule has 3 fully saturated rings. The summed E-state index contributed by atoms with van der Waals surface area (Å²) in [6.07, 6.45) is 14.8. The van der Waals surface area contributed by atoms with Crippen LogP contribution in [-0.2, 0) is 0 Å². The lowest BCUT2D eigenvalue weighted by atomic mass is 9.82. The topological polar surface area (TPSA) is 15.3 Å². The summed E-state index contributed by atoms with van der Waals surface area (Å²) in [4.78, 5) is 2.83. The van der Waals surface area contributed by atoms with E-state index in [-0.39, 0.29) is 0 Å². The summed E-state index contributed by atoms with van der Waals surface area (Å²) in [6, 6.07) is 1.53. The summed E-state index contributed by atoms with van der Waals surface area (Å²) in [5, 5.41) is 3.86. The lowest BCUT2D eigenvalue weighted by Gasteiger charge is -2.44. The first-order valence-electron chi connectivity index (χ1n) is 9.30. The largest absolute Gasteiger partial charge is 0.311 e. The highest BCUT2D eigenvalue weighted by molar-refractivity contribution is 4.90. The third-order valence-corrected chi connectivity index (χ3v) is 6.17. The van der Waals surface area contributed by atoms with Crippen molar-refractivity contribution in [2.75, 3.05) is 19.6 Å². The zero-order chi connectivity index (χ0) is 13.8. The van der Waals surface area contributed by atoms with E-state index in [1.54, 1.807) is 0 Å². The SMILES string of the molecule is CC1CNC(C2CCCCC2)CN1CC1CCCCC1. The zero-order valence-electron chi connectivity index (χ0n) is 13.4. The average Bonchev–Trinajstić information content (AvgIpc) is 2.51. The van der Waals surface area contributed by atoms with Crippen molar-refractivity contribution in [3.8, 4) is 0 Å². The number of hydrogen-bond donors (Lipinski definition) is 1. The Bertz CT molecular complexity index is 279. The van der Waals surface area contributed by atoms with Gasteiger partial charge < -0.3 is 5.32 Å². The third kappa shape index (κ3) is 3.76. The Morgan fingerprint density at radius 2 is 1.55 bits per heavy atom. The molecular weight excluding hydrogens is 244 g/mol. The molecule has 0 spiro atoms. The van der Waals surface area contributed by atoms with Gasteiger partial charge in [0.05, 0.1) is 0 Å². The lowest BCUT2D eigenvalue weighted by molar-refractivity contribution is 0.0820. The van der Waals surface area contributed by atoms with E-state index in [4.69, 9.17) is 0 Å². The lowest BCUT2D eigenvalue weighted by Crippen LogP contribution is -2.58. The molecule has 2 unspecified atom stereocenters. The van der Waals surface area contributed by atoms with E-state index in [9.17, 15) is 0 Å². The number of nitrogens with zero attached hydrogens (tertiary/aromatic N) is 1. The zero-order valence-corrected chi connectivity index (χ0v) is 13.4. The van der Waals surface area contributed by atoms with Gasteiger partial charge in [-0.05, 0) is 44.4 Å². The Kier molecular flexibility index (Phi) is 5.39. The molecule has 0 aromatic carbocycles. The second-order valence-corrected chi connectivity index (χ2v) is 7.72. The Balaban J connectivity index is 1.52. The molecule has 2 aliphatic carbocycles. The Morgan fingerprint density at radius 1 is 0.900 bits per heavy atom. The van der Waals surface area contributed by atoms with Gasteiger partial charge in [0.1, 0.15) is 0 Å². The molecule has 3 aliphatic rings. The fraction of sp³-hybridized carbons (Fsp3) is 1.00. The van der Waals surface area contributed by atoms with E-state index in [1.807, 2.05) is 0 Å². The number of piperazine rings is 1. The van der Waals surface area contributed by atoms with E-state index in [0.717, 1.165) is 23.9 Å². The summed E-state index contributed by atoms with van der Waals surface area (Å²) < 4.78 is 0. The van der Waals surface area contributed by atoms with Crippen LogP contribution >= 0.6 is 0 Å². The maximum atomic E-state index is 3.86. The molecule has 20 heavy (non-hydrogen) atoms. The summed E-state index contributed by atoms with van der Waals surface area (Å²) in [7, 11) is 0. The normalized spacial score (nSPS) is 35.2. The maximum Gasteiger partial charge on any atom is 0.0224 e. The highest BCUT2D eigenvalue weighted by Gasteiger charge is 2.32. The van der Waals surface area contributed by atoms with Gasteiger partial charge in [0.2, 0.25) is 0 Å². The predicted molar refractivity (Wildman–Crippen MR) is 86.0 cm³/mol. The van der Waals surface area contributed by atoms with Crippen molar-refractivity contribution in [1.82, 2.24) is 10.2 Å². The van der Waals surface area contributed by atoms with Gasteiger partial charge in [0.15, 0.2) is 0 Å². The molecule has 1 saturated heterocycles. The molecule has 0 bridgehead atoms. The molecule has 116 valence electrons. The van der Waals surface area contributed by atoms with E-state index in [1.165, 1.54) is 83.8 Å². The fourth-order valence-corrected chi connectivity index (χ4v) is 4.76. The van der Waals surface area contributed by atoms with Crippen LogP contribution in [0.1, 0.15) is 71.1 Å². The fourth-order valence-electron chi connectivity index (χ4n) is 4.76. The van der Waals surface area contributed by atoms with Crippen molar-refractivity contribution in [1.29, 1.82) is 0 Å². The number of hydrogen-bond acceptors (Lipinski definition) is 2. The van der Waals surface area contributed by atoms with Gasteiger partial charge in [0.25, 0.3) is 0 Å². The van der Waals surface area contributed by atoms with Gasteiger partial charge in [-0.1, -0.05) is 38.5 Å². The van der Waals surface area contributed by atoms with Gasteiger partial charge in [-0.3, -0.25) is 4.90 Å². The predicted octanol–water partition coefficient (Wildman–Crippen LogP) is 3.81. The average molecular weight is 278 g/mol. The molecule has 0 amide bonds. The second kappa shape index (κ2) is 7.26. The van der Waals surface area contributed by atoms with Crippen molar-refractivity contribution in [2.24, 2.45) is 11.8 Å². The minimum absolute atomic E-state index is 0.747. The van der Waals surface area contributed by atoms with E-state index < -0.39 is 0 Å². The minimum Gasteiger partial charge on any atom is -0.311 e. The van der Waals surface area contributed by atoms with Crippen LogP contribution in [0.2, 0.25) is 0 Å². The molecule has 1 N–H and O–H groups in total. The first kappa shape index (κ1) is 14.8. The van der Waals surface area contributed by atoms with Crippen molar-refractivity contribution < 1.29 is 0 Å². The van der Waals surface area contributed by atoms with Crippen LogP contribution in [0.3, 0.4) is 0 Å². The smallest absolute Gasteiger partial charge is 0.0224 e. The number of nitrogens with one attached hydrogen (secondary N) is 1. The number of rotatable bonds is 3. The molecule has 0 radical (unpaired) electrons. The van der Waals surface area contributed by atoms with Gasteiger partial charge in [0, 0.05) is 31.7 Å². The van der Waals surface area contributed by atoms with Crippen LogP contribution in [0.25, 0.3) is 0 Å². The van der Waals surface area contributed by atoms with Crippen LogP contribution in [0.5, 0.6) is 0 Å². The van der Waals surface area contributed by atoms with Crippen LogP contribution in [-0.4, -0.2) is 36.6 Å². The molecule has 0 aromatic heterocycles. The van der Waals surface area contributed by atoms with Gasteiger partial charge >= 0.3 is 0 Å². The van der Waals surface area contributed by atoms with Crippen molar-refractivity contribution in [3.05, 3.63) is 0 Å². The molecule has 2 atom stereocenters. The maximum absolute atomic E-state index is 3.86. The molecule has 2 saturated carbocycles. The summed E-state index contributed by atoms with van der Waals surface area (Å²) in [6.45, 7) is 6.34. The third-order valence-electron chi connectivity index (χ3n) is 6.17. The summed E-state index contributed by atoms with van der Waals surface area (Å²) >= 11 is 0. The first-order valence-corrected chi connectivity index (χ1v) is 9.30. The first-order chi connectivity index (χ1) is 9.83. The second-order valence-electron chi connectivity index (χ2n) is 7.72. The highest BCUT2D eigenvalue weighted by Crippen LogP contribution is 2.30. The van der Waals surface area contributed by atoms with Gasteiger partial charge in [-0.2, -0.15) is 0 Å². The molecule has 1 aliphatic heterocycles. The molecule has 0 aromatic rings. The van der Waals surface area contributed by atoms with Crippen molar-refractivity contribution in [2.45, 2.75) is 83.2 Å². The van der Waals surface area contributed by atoms with Crippen molar-refractivity contribution in [3.63, 3.8) is 0 Å². The summed E-state index contributed by atoms with van der Waals surface area (Å²) in [5.41, 5.74) is 0. The van der Waals surface area contributed by atoms with Crippen LogP contribution in [0, 0.1) is 11.8 Å². The van der Waals surface area contributed by atoms with Gasteiger partial charge in [-0.25, -0.2) is 0 Å². The van der Waals surface area contributed by atoms with Crippen molar-refractivity contribution >= 4 is 0 Å². The molecule has 3 rings (SSSR count). The molecule has 1 heterocycles. The Morgan fingerprint density at radius 3 is 2.25 bits per heavy atom. The molecule has 2 heteroatoms. The van der Waals surface area contributed by atoms with Gasteiger partial charge in [-0.15, -0.1) is 0 Å². The van der Waals surface area contributed by atoms with E-state index in [2.05, 4.69) is 17.1 Å². The Labute approximate surface area is 125 Å². The van der Waals surface area contributed by atoms with E-state index >= 15 is 0 Å². The highest BCUT2D eigenvalue weighted by atomic mass is 15.2.